The predicted octanol–water partition coefficient (Wildman–Crippen LogP) is 4.08. The number of benzene rings is 2. The summed E-state index contributed by atoms with van der Waals surface area (Å²) in [4.78, 5) is 0. The van der Waals surface area contributed by atoms with Crippen molar-refractivity contribution in [3.05, 3.63) is 69.7 Å². The first-order valence-electron chi connectivity index (χ1n) is 5.23. The molecule has 0 aromatic heterocycles. The number of nitrogens with zero attached hydrogens (tertiary/aromatic N) is 1. The monoisotopic (exact) mass is 263 g/mol. The molecule has 0 fully saturated rings. The minimum atomic E-state index is -0.609. The quantitative estimate of drug-likeness (QED) is 0.801. The largest absolute Gasteiger partial charge is 0.207 e. The zero-order valence-corrected chi connectivity index (χ0v) is 10.0. The molecule has 2 aromatic rings. The highest BCUT2D eigenvalue weighted by atomic mass is 35.5. The summed E-state index contributed by atoms with van der Waals surface area (Å²) < 4.78 is 27.0. The van der Waals surface area contributed by atoms with Crippen molar-refractivity contribution in [1.29, 1.82) is 5.26 Å². The molecule has 0 amide bonds. The Bertz CT molecular complexity index is 612. The highest BCUT2D eigenvalue weighted by Crippen LogP contribution is 2.23. The van der Waals surface area contributed by atoms with Crippen molar-refractivity contribution in [3.8, 4) is 6.07 Å². The van der Waals surface area contributed by atoms with Gasteiger partial charge in [0.15, 0.2) is 0 Å². The first-order chi connectivity index (χ1) is 8.61. The minimum absolute atomic E-state index is 0.0293. The summed E-state index contributed by atoms with van der Waals surface area (Å²) in [5.74, 6) is -1.03. The molecule has 0 heterocycles. The Labute approximate surface area is 108 Å². The van der Waals surface area contributed by atoms with Crippen LogP contribution in [-0.2, 0) is 6.42 Å². The average molecular weight is 264 g/mol. The van der Waals surface area contributed by atoms with E-state index in [0.29, 0.717) is 16.1 Å². The summed E-state index contributed by atoms with van der Waals surface area (Å²) in [5.41, 5.74) is 0.861. The number of hydrogen-bond donors (Lipinski definition) is 0. The molecule has 90 valence electrons. The normalized spacial score (nSPS) is 10.1. The Balaban J connectivity index is 2.35. The molecule has 1 nitrogen and oxygen atoms in total. The van der Waals surface area contributed by atoms with E-state index in [1.165, 1.54) is 24.3 Å². The Hall–Kier alpha value is -1.92. The third-order valence-electron chi connectivity index (χ3n) is 2.60. The first kappa shape index (κ1) is 12.5. The maximum Gasteiger partial charge on any atom is 0.141 e. The molecular weight excluding hydrogens is 256 g/mol. The van der Waals surface area contributed by atoms with Gasteiger partial charge in [-0.3, -0.25) is 0 Å². The SMILES string of the molecule is N#Cc1ccc(Cc2c(F)cccc2Cl)cc1F. The lowest BCUT2D eigenvalue weighted by Gasteiger charge is -2.06. The summed E-state index contributed by atoms with van der Waals surface area (Å²) in [5, 5.41) is 8.92. The van der Waals surface area contributed by atoms with Crippen molar-refractivity contribution in [2.45, 2.75) is 6.42 Å². The van der Waals surface area contributed by atoms with Gasteiger partial charge in [0.25, 0.3) is 0 Å². The molecule has 4 heteroatoms. The Morgan fingerprint density at radius 2 is 1.89 bits per heavy atom. The van der Waals surface area contributed by atoms with E-state index in [-0.39, 0.29) is 12.0 Å². The summed E-state index contributed by atoms with van der Waals surface area (Å²) in [6.07, 6.45) is 0.189. The van der Waals surface area contributed by atoms with Crippen LogP contribution in [0.4, 0.5) is 8.78 Å². The molecule has 2 aromatic carbocycles. The van der Waals surface area contributed by atoms with Gasteiger partial charge < -0.3 is 0 Å². The van der Waals surface area contributed by atoms with E-state index in [4.69, 9.17) is 16.9 Å². The zero-order valence-electron chi connectivity index (χ0n) is 9.25. The van der Waals surface area contributed by atoms with Crippen molar-refractivity contribution in [2.75, 3.05) is 0 Å². The minimum Gasteiger partial charge on any atom is -0.207 e. The van der Waals surface area contributed by atoms with Crippen LogP contribution in [0.5, 0.6) is 0 Å². The van der Waals surface area contributed by atoms with Gasteiger partial charge in [0.05, 0.1) is 5.56 Å². The molecule has 0 unspecified atom stereocenters. The number of nitriles is 1. The van der Waals surface area contributed by atoms with E-state index in [1.54, 1.807) is 18.2 Å². The fourth-order valence-electron chi connectivity index (χ4n) is 1.66. The van der Waals surface area contributed by atoms with Crippen molar-refractivity contribution >= 4 is 11.6 Å². The fourth-order valence-corrected chi connectivity index (χ4v) is 1.89. The number of rotatable bonds is 2. The van der Waals surface area contributed by atoms with Crippen molar-refractivity contribution in [2.24, 2.45) is 0 Å². The second-order valence-corrected chi connectivity index (χ2v) is 4.21. The molecule has 0 radical (unpaired) electrons. The molecule has 18 heavy (non-hydrogen) atoms. The third-order valence-corrected chi connectivity index (χ3v) is 2.95. The summed E-state index contributed by atoms with van der Waals surface area (Å²) >= 11 is 5.89. The van der Waals surface area contributed by atoms with Crippen molar-refractivity contribution < 1.29 is 8.78 Å². The predicted molar refractivity (Wildman–Crippen MR) is 65.3 cm³/mol. The van der Waals surface area contributed by atoms with Gasteiger partial charge in [-0.15, -0.1) is 0 Å². The Morgan fingerprint density at radius 3 is 2.50 bits per heavy atom. The van der Waals surface area contributed by atoms with Gasteiger partial charge in [-0.05, 0) is 29.8 Å². The topological polar surface area (TPSA) is 23.8 Å². The van der Waals surface area contributed by atoms with Crippen molar-refractivity contribution in [1.82, 2.24) is 0 Å². The first-order valence-corrected chi connectivity index (χ1v) is 5.61. The number of halogens is 3. The molecule has 0 saturated heterocycles. The molecule has 0 aliphatic heterocycles. The third kappa shape index (κ3) is 2.49. The lowest BCUT2D eigenvalue weighted by atomic mass is 10.0. The zero-order chi connectivity index (χ0) is 13.1. The van der Waals surface area contributed by atoms with Gasteiger partial charge in [0.1, 0.15) is 17.7 Å². The summed E-state index contributed by atoms with van der Waals surface area (Å²) in [7, 11) is 0. The lowest BCUT2D eigenvalue weighted by molar-refractivity contribution is 0.610. The van der Waals surface area contributed by atoms with E-state index in [1.807, 2.05) is 0 Å². The molecule has 0 aliphatic carbocycles. The average Bonchev–Trinajstić information content (AvgIpc) is 2.34. The van der Waals surface area contributed by atoms with Crippen LogP contribution in [0, 0.1) is 23.0 Å². The van der Waals surface area contributed by atoms with Gasteiger partial charge in [-0.1, -0.05) is 23.7 Å². The van der Waals surface area contributed by atoms with Gasteiger partial charge in [0.2, 0.25) is 0 Å². The van der Waals surface area contributed by atoms with E-state index in [2.05, 4.69) is 0 Å². The van der Waals surface area contributed by atoms with Crippen LogP contribution < -0.4 is 0 Å². The molecular formula is C14H8ClF2N. The van der Waals surface area contributed by atoms with E-state index >= 15 is 0 Å². The lowest BCUT2D eigenvalue weighted by Crippen LogP contribution is -1.95. The van der Waals surface area contributed by atoms with Gasteiger partial charge in [0, 0.05) is 17.0 Å². The maximum absolute atomic E-state index is 13.6. The fraction of sp³-hybridized carbons (Fsp3) is 0.0714. The standard InChI is InChI=1S/C14H8ClF2N/c15-12-2-1-3-13(16)11(12)6-9-4-5-10(8-18)14(17)7-9/h1-5,7H,6H2. The van der Waals surface area contributed by atoms with Gasteiger partial charge >= 0.3 is 0 Å². The van der Waals surface area contributed by atoms with Crippen LogP contribution in [0.1, 0.15) is 16.7 Å². The Kier molecular flexibility index (Phi) is 3.59. The van der Waals surface area contributed by atoms with Crippen LogP contribution in [0.25, 0.3) is 0 Å². The molecule has 0 bridgehead atoms. The summed E-state index contributed by atoms with van der Waals surface area (Å²) in [6, 6.07) is 10.3. The smallest absolute Gasteiger partial charge is 0.141 e. The van der Waals surface area contributed by atoms with E-state index in [0.717, 1.165) is 0 Å². The highest BCUT2D eigenvalue weighted by molar-refractivity contribution is 6.31. The van der Waals surface area contributed by atoms with Crippen LogP contribution in [0.2, 0.25) is 5.02 Å². The summed E-state index contributed by atoms with van der Waals surface area (Å²) in [6.45, 7) is 0. The van der Waals surface area contributed by atoms with Crippen LogP contribution >= 0.6 is 11.6 Å². The van der Waals surface area contributed by atoms with E-state index < -0.39 is 11.6 Å². The van der Waals surface area contributed by atoms with Crippen LogP contribution in [0.3, 0.4) is 0 Å². The molecule has 0 aliphatic rings. The Morgan fingerprint density at radius 1 is 1.11 bits per heavy atom. The van der Waals surface area contributed by atoms with Crippen LogP contribution in [0.15, 0.2) is 36.4 Å². The van der Waals surface area contributed by atoms with Gasteiger partial charge in [-0.2, -0.15) is 5.26 Å². The van der Waals surface area contributed by atoms with Crippen LogP contribution in [-0.4, -0.2) is 0 Å². The number of hydrogen-bond acceptors (Lipinski definition) is 1. The molecule has 2 rings (SSSR count). The maximum atomic E-state index is 13.6. The second-order valence-electron chi connectivity index (χ2n) is 3.80. The van der Waals surface area contributed by atoms with Crippen molar-refractivity contribution in [3.63, 3.8) is 0 Å². The molecule has 0 saturated carbocycles. The van der Waals surface area contributed by atoms with E-state index in [9.17, 15) is 8.78 Å². The molecule has 0 spiro atoms. The molecule has 0 N–H and O–H groups in total. The van der Waals surface area contributed by atoms with Gasteiger partial charge in [-0.25, -0.2) is 8.78 Å². The second kappa shape index (κ2) is 5.16. The highest BCUT2D eigenvalue weighted by Gasteiger charge is 2.09. The molecule has 0 atom stereocenters.